The van der Waals surface area contributed by atoms with Crippen molar-refractivity contribution >= 4 is 0 Å². The molecule has 0 heterocycles. The molecular weight excluding hydrogens is 210 g/mol. The van der Waals surface area contributed by atoms with E-state index in [-0.39, 0.29) is 5.54 Å². The summed E-state index contributed by atoms with van der Waals surface area (Å²) in [5.41, 5.74) is 4.00. The lowest BCUT2D eigenvalue weighted by molar-refractivity contribution is 0.337. The molecule has 0 radical (unpaired) electrons. The Morgan fingerprint density at radius 1 is 1.12 bits per heavy atom. The van der Waals surface area contributed by atoms with E-state index in [1.165, 1.54) is 16.7 Å². The molecule has 2 heteroatoms. The van der Waals surface area contributed by atoms with Crippen LogP contribution in [0.2, 0.25) is 0 Å². The van der Waals surface area contributed by atoms with E-state index < -0.39 is 0 Å². The third-order valence-electron chi connectivity index (χ3n) is 2.74. The first-order valence-electron chi connectivity index (χ1n) is 6.31. The number of hydrogen-bond acceptors (Lipinski definition) is 2. The Bertz CT molecular complexity index is 377. The van der Waals surface area contributed by atoms with E-state index in [9.17, 15) is 0 Å². The van der Waals surface area contributed by atoms with Crippen LogP contribution in [0, 0.1) is 13.8 Å². The predicted molar refractivity (Wildman–Crippen MR) is 73.7 cm³/mol. The van der Waals surface area contributed by atoms with E-state index >= 15 is 0 Å². The Hall–Kier alpha value is -1.02. The molecule has 0 aliphatic heterocycles. The van der Waals surface area contributed by atoms with Crippen LogP contribution in [0.4, 0.5) is 0 Å². The van der Waals surface area contributed by atoms with Crippen molar-refractivity contribution in [2.75, 3.05) is 6.61 Å². The van der Waals surface area contributed by atoms with Gasteiger partial charge in [0.15, 0.2) is 0 Å². The van der Waals surface area contributed by atoms with Crippen LogP contribution in [0.1, 0.15) is 44.4 Å². The van der Waals surface area contributed by atoms with Gasteiger partial charge in [0, 0.05) is 12.1 Å². The van der Waals surface area contributed by atoms with Gasteiger partial charge < -0.3 is 10.1 Å². The van der Waals surface area contributed by atoms with Gasteiger partial charge in [-0.25, -0.2) is 0 Å². The second kappa shape index (κ2) is 5.54. The zero-order valence-corrected chi connectivity index (χ0v) is 12.0. The summed E-state index contributed by atoms with van der Waals surface area (Å²) in [6.45, 7) is 14.4. The summed E-state index contributed by atoms with van der Waals surface area (Å²) in [5, 5.41) is 3.52. The Morgan fingerprint density at radius 3 is 2.29 bits per heavy atom. The summed E-state index contributed by atoms with van der Waals surface area (Å²) >= 11 is 0. The molecule has 0 unspecified atom stereocenters. The van der Waals surface area contributed by atoms with Crippen molar-refractivity contribution in [3.8, 4) is 5.75 Å². The van der Waals surface area contributed by atoms with Gasteiger partial charge >= 0.3 is 0 Å². The Labute approximate surface area is 105 Å². The average Bonchev–Trinajstić information content (AvgIpc) is 2.20. The Balaban J connectivity index is 2.84. The maximum Gasteiger partial charge on any atom is 0.122 e. The third kappa shape index (κ3) is 4.39. The van der Waals surface area contributed by atoms with Gasteiger partial charge in [-0.05, 0) is 64.3 Å². The lowest BCUT2D eigenvalue weighted by Crippen LogP contribution is -2.35. The second-order valence-corrected chi connectivity index (χ2v) is 5.58. The molecule has 0 saturated heterocycles. The molecule has 0 aliphatic carbocycles. The summed E-state index contributed by atoms with van der Waals surface area (Å²) in [4.78, 5) is 0. The van der Waals surface area contributed by atoms with Crippen LogP contribution in [-0.2, 0) is 6.54 Å². The van der Waals surface area contributed by atoms with E-state index in [2.05, 4.69) is 52.1 Å². The van der Waals surface area contributed by atoms with E-state index in [4.69, 9.17) is 4.74 Å². The molecule has 0 saturated carbocycles. The minimum absolute atomic E-state index is 0.152. The fraction of sp³-hybridized carbons (Fsp3) is 0.600. The maximum atomic E-state index is 5.60. The van der Waals surface area contributed by atoms with Crippen molar-refractivity contribution < 1.29 is 4.74 Å². The van der Waals surface area contributed by atoms with Gasteiger partial charge in [-0.1, -0.05) is 6.07 Å². The van der Waals surface area contributed by atoms with Crippen LogP contribution < -0.4 is 10.1 Å². The number of nitrogens with one attached hydrogen (secondary N) is 1. The molecular formula is C15H25NO. The van der Waals surface area contributed by atoms with Crippen molar-refractivity contribution in [1.29, 1.82) is 0 Å². The van der Waals surface area contributed by atoms with E-state index in [1.54, 1.807) is 0 Å². The van der Waals surface area contributed by atoms with Crippen LogP contribution in [-0.4, -0.2) is 12.1 Å². The maximum absolute atomic E-state index is 5.60. The molecule has 0 atom stereocenters. The highest BCUT2D eigenvalue weighted by Crippen LogP contribution is 2.23. The zero-order chi connectivity index (χ0) is 13.1. The molecule has 0 aliphatic rings. The zero-order valence-electron chi connectivity index (χ0n) is 12.0. The number of benzene rings is 1. The van der Waals surface area contributed by atoms with Gasteiger partial charge in [0.2, 0.25) is 0 Å². The molecule has 2 nitrogen and oxygen atoms in total. The number of aryl methyl sites for hydroxylation is 2. The van der Waals surface area contributed by atoms with Crippen LogP contribution in [0.15, 0.2) is 12.1 Å². The van der Waals surface area contributed by atoms with Crippen molar-refractivity contribution in [3.05, 3.63) is 28.8 Å². The first-order chi connectivity index (χ1) is 7.83. The smallest absolute Gasteiger partial charge is 0.122 e. The first kappa shape index (κ1) is 14.0. The predicted octanol–water partition coefficient (Wildman–Crippen LogP) is 3.59. The summed E-state index contributed by atoms with van der Waals surface area (Å²) in [6.07, 6.45) is 0. The molecule has 96 valence electrons. The van der Waals surface area contributed by atoms with Crippen LogP contribution in [0.5, 0.6) is 5.75 Å². The number of ether oxygens (including phenoxy) is 1. The molecule has 1 aromatic carbocycles. The fourth-order valence-electron chi connectivity index (χ4n) is 1.71. The Kier molecular flexibility index (Phi) is 4.58. The lowest BCUT2D eigenvalue weighted by Gasteiger charge is -2.22. The van der Waals surface area contributed by atoms with Gasteiger partial charge in [0.1, 0.15) is 5.75 Å². The molecule has 0 spiro atoms. The quantitative estimate of drug-likeness (QED) is 0.861. The summed E-state index contributed by atoms with van der Waals surface area (Å²) in [7, 11) is 0. The highest BCUT2D eigenvalue weighted by Gasteiger charge is 2.10. The van der Waals surface area contributed by atoms with Crippen molar-refractivity contribution in [2.24, 2.45) is 0 Å². The average molecular weight is 235 g/mol. The van der Waals surface area contributed by atoms with Crippen LogP contribution in [0.3, 0.4) is 0 Å². The second-order valence-electron chi connectivity index (χ2n) is 5.58. The molecule has 1 aromatic rings. The standard InChI is InChI=1S/C15H25NO/c1-7-17-14-9-11(2)13(8-12(14)3)10-16-15(4,5)6/h8-9,16H,7,10H2,1-6H3. The fourth-order valence-corrected chi connectivity index (χ4v) is 1.71. The topological polar surface area (TPSA) is 21.3 Å². The molecule has 1 rings (SSSR count). The molecule has 0 bridgehead atoms. The lowest BCUT2D eigenvalue weighted by atomic mass is 10.0. The molecule has 0 amide bonds. The van der Waals surface area contributed by atoms with E-state index in [0.29, 0.717) is 0 Å². The molecule has 0 fully saturated rings. The summed E-state index contributed by atoms with van der Waals surface area (Å²) in [6, 6.07) is 4.36. The highest BCUT2D eigenvalue weighted by atomic mass is 16.5. The van der Waals surface area contributed by atoms with Crippen molar-refractivity contribution in [1.82, 2.24) is 5.32 Å². The van der Waals surface area contributed by atoms with E-state index in [0.717, 1.165) is 18.9 Å². The summed E-state index contributed by atoms with van der Waals surface area (Å²) < 4.78 is 5.60. The van der Waals surface area contributed by atoms with Crippen LogP contribution >= 0.6 is 0 Å². The number of rotatable bonds is 4. The highest BCUT2D eigenvalue weighted by molar-refractivity contribution is 5.41. The largest absolute Gasteiger partial charge is 0.494 e. The molecule has 0 aromatic heterocycles. The van der Waals surface area contributed by atoms with Gasteiger partial charge in [-0.2, -0.15) is 0 Å². The molecule has 17 heavy (non-hydrogen) atoms. The van der Waals surface area contributed by atoms with Crippen molar-refractivity contribution in [3.63, 3.8) is 0 Å². The van der Waals surface area contributed by atoms with Crippen molar-refractivity contribution in [2.45, 2.75) is 53.6 Å². The minimum Gasteiger partial charge on any atom is -0.494 e. The minimum atomic E-state index is 0.152. The monoisotopic (exact) mass is 235 g/mol. The normalized spacial score (nSPS) is 11.6. The summed E-state index contributed by atoms with van der Waals surface area (Å²) in [5.74, 6) is 1.00. The first-order valence-corrected chi connectivity index (χ1v) is 6.31. The van der Waals surface area contributed by atoms with Crippen LogP contribution in [0.25, 0.3) is 0 Å². The number of hydrogen-bond donors (Lipinski definition) is 1. The third-order valence-corrected chi connectivity index (χ3v) is 2.74. The van der Waals surface area contributed by atoms with E-state index in [1.807, 2.05) is 6.92 Å². The SMILES string of the molecule is CCOc1cc(C)c(CNC(C)(C)C)cc1C. The van der Waals surface area contributed by atoms with Gasteiger partial charge in [-0.3, -0.25) is 0 Å². The van der Waals surface area contributed by atoms with Gasteiger partial charge in [0.25, 0.3) is 0 Å². The Morgan fingerprint density at radius 2 is 1.76 bits per heavy atom. The van der Waals surface area contributed by atoms with Gasteiger partial charge in [0.05, 0.1) is 6.61 Å². The van der Waals surface area contributed by atoms with Gasteiger partial charge in [-0.15, -0.1) is 0 Å². The molecule has 1 N–H and O–H groups in total.